The zero-order valence-corrected chi connectivity index (χ0v) is 15.3. The minimum atomic E-state index is -0.332. The number of hydrogen-bond donors (Lipinski definition) is 0. The van der Waals surface area contributed by atoms with Crippen LogP contribution in [0.25, 0.3) is 0 Å². The van der Waals surface area contributed by atoms with Gasteiger partial charge in [-0.25, -0.2) is 0 Å². The second-order valence-corrected chi connectivity index (χ2v) is 8.37. The molecule has 0 aliphatic heterocycles. The van der Waals surface area contributed by atoms with Crippen LogP contribution in [-0.2, 0) is 9.47 Å². The van der Waals surface area contributed by atoms with Gasteiger partial charge in [0.15, 0.2) is 0 Å². The number of unbranched alkanes of at least 4 members (excludes halogenated alkanes) is 3. The molecule has 0 bridgehead atoms. The highest BCUT2D eigenvalue weighted by molar-refractivity contribution is 6.94. The van der Waals surface area contributed by atoms with E-state index in [9.17, 15) is 0 Å². The van der Waals surface area contributed by atoms with Crippen molar-refractivity contribution in [3.8, 4) is 0 Å². The number of ether oxygens (including phenoxy) is 2. The van der Waals surface area contributed by atoms with Crippen LogP contribution < -0.4 is 0 Å². The summed E-state index contributed by atoms with van der Waals surface area (Å²) in [7, 11) is 5.96. The summed E-state index contributed by atoms with van der Waals surface area (Å²) < 4.78 is 11.7. The third kappa shape index (κ3) is 15.2. The Morgan fingerprint density at radius 1 is 1.00 bits per heavy atom. The van der Waals surface area contributed by atoms with E-state index in [0.29, 0.717) is 6.79 Å². The molecule has 0 saturated carbocycles. The van der Waals surface area contributed by atoms with Crippen molar-refractivity contribution < 1.29 is 9.47 Å². The molecular formula is C15H31ClMgO2. The van der Waals surface area contributed by atoms with Crippen LogP contribution in [0, 0.1) is 5.92 Å². The molecule has 0 fully saturated rings. The van der Waals surface area contributed by atoms with Gasteiger partial charge in [-0.1, -0.05) is 46.5 Å². The first kappa shape index (κ1) is 20.0. The minimum absolute atomic E-state index is 0.332. The smallest absolute Gasteiger partial charge is 0.355 e. The SMILES string of the molecule is CCCCCCOCOCCCC(C)C[CH](C)[Mg][Cl]. The van der Waals surface area contributed by atoms with E-state index in [2.05, 4.69) is 20.8 Å². The quantitative estimate of drug-likeness (QED) is 0.254. The molecule has 2 unspecified atom stereocenters. The maximum Gasteiger partial charge on any atom is 0.504 e. The average molecular weight is 303 g/mol. The summed E-state index contributed by atoms with van der Waals surface area (Å²) in [5, 5.41) is 0. The Balaban J connectivity index is 3.13. The first-order chi connectivity index (χ1) is 9.20. The van der Waals surface area contributed by atoms with Crippen molar-refractivity contribution in [2.75, 3.05) is 20.0 Å². The Bertz CT molecular complexity index is 182. The highest BCUT2D eigenvalue weighted by atomic mass is 35.5. The first-order valence-electron chi connectivity index (χ1n) is 7.92. The molecule has 2 atom stereocenters. The van der Waals surface area contributed by atoms with Crippen LogP contribution >= 0.6 is 9.07 Å². The Labute approximate surface area is 133 Å². The molecule has 2 nitrogen and oxygen atoms in total. The molecule has 0 aliphatic rings. The maximum absolute atomic E-state index is 5.96. The number of halogens is 1. The monoisotopic (exact) mass is 302 g/mol. The Morgan fingerprint density at radius 3 is 2.32 bits per heavy atom. The van der Waals surface area contributed by atoms with Gasteiger partial charge in [-0.15, -0.1) is 4.05 Å². The molecule has 0 radical (unpaired) electrons. The van der Waals surface area contributed by atoms with Gasteiger partial charge in [-0.3, -0.25) is 0 Å². The fourth-order valence-electron chi connectivity index (χ4n) is 2.21. The lowest BCUT2D eigenvalue weighted by Gasteiger charge is -2.14. The Kier molecular flexibility index (Phi) is 16.2. The van der Waals surface area contributed by atoms with E-state index in [1.165, 1.54) is 32.1 Å². The molecule has 112 valence electrons. The standard InChI is InChI=1S/C15H31O2.ClH.Mg/c1-4-6-7-8-12-16-14-17-13-9-11-15(3)10-5-2;;/h5,15H,4,6-14H2,1-3H3;1H;/q;;+1/p-1. The van der Waals surface area contributed by atoms with E-state index in [1.807, 2.05) is 0 Å². The van der Waals surface area contributed by atoms with Crippen LogP contribution in [0.2, 0.25) is 4.05 Å². The summed E-state index contributed by atoms with van der Waals surface area (Å²) in [6.07, 6.45) is 8.68. The van der Waals surface area contributed by atoms with Gasteiger partial charge in [0.05, 0.1) is 0 Å². The van der Waals surface area contributed by atoms with Crippen molar-refractivity contribution in [3.63, 3.8) is 0 Å². The molecule has 0 heterocycles. The summed E-state index contributed by atoms with van der Waals surface area (Å²) in [5.74, 6) is 0.778. The van der Waals surface area contributed by atoms with Crippen molar-refractivity contribution in [2.24, 2.45) is 5.92 Å². The molecule has 0 aromatic carbocycles. The van der Waals surface area contributed by atoms with E-state index in [1.54, 1.807) is 0 Å². The largest absolute Gasteiger partial charge is 0.504 e. The molecule has 0 spiro atoms. The molecule has 0 aromatic rings. The van der Waals surface area contributed by atoms with E-state index in [0.717, 1.165) is 36.0 Å². The van der Waals surface area contributed by atoms with Crippen molar-refractivity contribution in [2.45, 2.75) is 69.8 Å². The summed E-state index contributed by atoms with van der Waals surface area (Å²) >= 11 is -0.332. The van der Waals surface area contributed by atoms with Gasteiger partial charge in [-0.2, -0.15) is 0 Å². The first-order valence-corrected chi connectivity index (χ1v) is 10.9. The van der Waals surface area contributed by atoms with Crippen LogP contribution in [0.15, 0.2) is 0 Å². The number of hydrogen-bond acceptors (Lipinski definition) is 2. The number of rotatable bonds is 14. The van der Waals surface area contributed by atoms with Gasteiger partial charge in [0, 0.05) is 13.2 Å². The third-order valence-electron chi connectivity index (χ3n) is 3.36. The highest BCUT2D eigenvalue weighted by Gasteiger charge is 2.09. The van der Waals surface area contributed by atoms with Gasteiger partial charge in [0.25, 0.3) is 0 Å². The minimum Gasteiger partial charge on any atom is -0.355 e. The van der Waals surface area contributed by atoms with E-state index >= 15 is 0 Å². The van der Waals surface area contributed by atoms with Gasteiger partial charge < -0.3 is 18.5 Å². The summed E-state index contributed by atoms with van der Waals surface area (Å²) in [5.41, 5.74) is 0. The van der Waals surface area contributed by atoms with Crippen LogP contribution in [-0.4, -0.2) is 39.3 Å². The molecular weight excluding hydrogens is 272 g/mol. The Hall–Kier alpha value is 0.976. The van der Waals surface area contributed by atoms with Crippen LogP contribution in [0.4, 0.5) is 0 Å². The van der Waals surface area contributed by atoms with E-state index < -0.39 is 0 Å². The summed E-state index contributed by atoms with van der Waals surface area (Å²) in [6.45, 7) is 8.95. The van der Waals surface area contributed by atoms with Gasteiger partial charge in [0.1, 0.15) is 6.79 Å². The Morgan fingerprint density at radius 2 is 1.68 bits per heavy atom. The topological polar surface area (TPSA) is 18.5 Å². The van der Waals surface area contributed by atoms with Crippen molar-refractivity contribution in [1.82, 2.24) is 0 Å². The molecule has 4 heteroatoms. The lowest BCUT2D eigenvalue weighted by atomic mass is 10.0. The summed E-state index contributed by atoms with van der Waals surface area (Å²) in [4.78, 5) is 0. The fourth-order valence-corrected chi connectivity index (χ4v) is 3.28. The zero-order valence-electron chi connectivity index (χ0n) is 13.1. The normalized spacial score (nSPS) is 14.1. The predicted molar refractivity (Wildman–Crippen MR) is 85.0 cm³/mol. The second-order valence-electron chi connectivity index (χ2n) is 5.74. The van der Waals surface area contributed by atoms with Crippen molar-refractivity contribution in [1.29, 1.82) is 0 Å². The van der Waals surface area contributed by atoms with Crippen LogP contribution in [0.1, 0.15) is 65.7 Å². The fraction of sp³-hybridized carbons (Fsp3) is 1.00. The third-order valence-corrected chi connectivity index (χ3v) is 5.80. The van der Waals surface area contributed by atoms with Crippen LogP contribution in [0.5, 0.6) is 0 Å². The van der Waals surface area contributed by atoms with Gasteiger partial charge in [-0.05, 0) is 25.2 Å². The zero-order chi connectivity index (χ0) is 14.3. The van der Waals surface area contributed by atoms with Crippen LogP contribution in [0.3, 0.4) is 0 Å². The molecule has 0 aliphatic carbocycles. The van der Waals surface area contributed by atoms with E-state index in [4.69, 9.17) is 18.5 Å². The lowest BCUT2D eigenvalue weighted by Crippen LogP contribution is -2.06. The molecule has 0 rings (SSSR count). The van der Waals surface area contributed by atoms with Crippen molar-refractivity contribution >= 4 is 28.3 Å². The molecule has 0 aromatic heterocycles. The maximum atomic E-state index is 5.96. The van der Waals surface area contributed by atoms with Gasteiger partial charge in [0.2, 0.25) is 0 Å². The lowest BCUT2D eigenvalue weighted by molar-refractivity contribution is -0.0560. The van der Waals surface area contributed by atoms with E-state index in [-0.39, 0.29) is 19.3 Å². The molecule has 19 heavy (non-hydrogen) atoms. The molecule has 0 N–H and O–H groups in total. The van der Waals surface area contributed by atoms with Gasteiger partial charge >= 0.3 is 19.3 Å². The molecule has 0 saturated heterocycles. The average Bonchev–Trinajstić information content (AvgIpc) is 2.40. The predicted octanol–water partition coefficient (Wildman–Crippen LogP) is 5.03. The highest BCUT2D eigenvalue weighted by Crippen LogP contribution is 2.20. The molecule has 0 amide bonds. The summed E-state index contributed by atoms with van der Waals surface area (Å²) in [6, 6.07) is 0. The van der Waals surface area contributed by atoms with Crippen molar-refractivity contribution in [3.05, 3.63) is 0 Å². The second kappa shape index (κ2) is 15.4.